The molecular weight excluding hydrogens is 404 g/mol. The Morgan fingerprint density at radius 3 is 2.56 bits per heavy atom. The Hall–Kier alpha value is -1.93. The zero-order valence-corrected chi connectivity index (χ0v) is 16.7. The molecule has 1 fully saturated rings. The maximum atomic E-state index is 12.6. The molecule has 0 bridgehead atoms. The summed E-state index contributed by atoms with van der Waals surface area (Å²) < 4.78 is 30.6. The highest BCUT2D eigenvalue weighted by Gasteiger charge is 2.40. The average Bonchev–Trinajstić information content (AvgIpc) is 3.12. The summed E-state index contributed by atoms with van der Waals surface area (Å²) in [5.74, 6) is -0.129. The minimum absolute atomic E-state index is 0.129. The summed E-state index contributed by atoms with van der Waals surface area (Å²) in [5, 5.41) is 6.11. The summed E-state index contributed by atoms with van der Waals surface area (Å²) in [6, 6.07) is 14.8. The van der Waals surface area contributed by atoms with Gasteiger partial charge in [0.1, 0.15) is 16.3 Å². The standard InChI is InChI=1S/C19H17ClN2O3S2/c20-16-10-15(27(23,24)11-18-21-8-9-26-18)6-7-17(16)22-19(12-25-13-19)14-4-2-1-3-5-14/h1-10,22H,11-13H2. The lowest BCUT2D eigenvalue weighted by molar-refractivity contribution is -0.0446. The first-order valence-corrected chi connectivity index (χ1v) is 11.2. The van der Waals surface area contributed by atoms with Crippen LogP contribution >= 0.6 is 22.9 Å². The van der Waals surface area contributed by atoms with E-state index in [2.05, 4.69) is 10.3 Å². The van der Waals surface area contributed by atoms with E-state index in [-0.39, 0.29) is 16.2 Å². The van der Waals surface area contributed by atoms with Gasteiger partial charge in [-0.05, 0) is 23.8 Å². The third kappa shape index (κ3) is 3.73. The van der Waals surface area contributed by atoms with Crippen molar-refractivity contribution in [3.63, 3.8) is 0 Å². The Morgan fingerprint density at radius 2 is 1.96 bits per heavy atom. The maximum Gasteiger partial charge on any atom is 0.184 e. The van der Waals surface area contributed by atoms with Crippen LogP contribution in [0.15, 0.2) is 65.0 Å². The maximum absolute atomic E-state index is 12.6. The zero-order valence-electron chi connectivity index (χ0n) is 14.3. The number of ether oxygens (including phenoxy) is 1. The average molecular weight is 421 g/mol. The Labute approximate surface area is 166 Å². The highest BCUT2D eigenvalue weighted by Crippen LogP contribution is 2.37. The van der Waals surface area contributed by atoms with Crippen molar-refractivity contribution in [2.24, 2.45) is 0 Å². The van der Waals surface area contributed by atoms with Gasteiger partial charge in [-0.2, -0.15) is 0 Å². The van der Waals surface area contributed by atoms with Crippen LogP contribution in [0.1, 0.15) is 10.6 Å². The van der Waals surface area contributed by atoms with Gasteiger partial charge in [-0.3, -0.25) is 0 Å². The SMILES string of the molecule is O=S(=O)(Cc1nccs1)c1ccc(NC2(c3ccccc3)COC2)c(Cl)c1. The summed E-state index contributed by atoms with van der Waals surface area (Å²) in [6.45, 7) is 1.05. The number of hydrogen-bond acceptors (Lipinski definition) is 6. The third-order valence-electron chi connectivity index (χ3n) is 4.49. The molecular formula is C19H17ClN2O3S2. The molecule has 4 rings (SSSR count). The van der Waals surface area contributed by atoms with Crippen LogP contribution in [0.2, 0.25) is 5.02 Å². The molecule has 1 aromatic heterocycles. The number of rotatable bonds is 6. The van der Waals surface area contributed by atoms with Gasteiger partial charge < -0.3 is 10.1 Å². The van der Waals surface area contributed by atoms with E-state index in [4.69, 9.17) is 16.3 Å². The van der Waals surface area contributed by atoms with Crippen molar-refractivity contribution < 1.29 is 13.2 Å². The number of nitrogens with one attached hydrogen (secondary N) is 1. The number of benzene rings is 2. The lowest BCUT2D eigenvalue weighted by atomic mass is 9.87. The number of hydrogen-bond donors (Lipinski definition) is 1. The molecule has 0 amide bonds. The van der Waals surface area contributed by atoms with Crippen LogP contribution in [0.25, 0.3) is 0 Å². The van der Waals surface area contributed by atoms with Gasteiger partial charge in [-0.25, -0.2) is 13.4 Å². The fraction of sp³-hybridized carbons (Fsp3) is 0.211. The van der Waals surface area contributed by atoms with Gasteiger partial charge in [0.05, 0.1) is 28.8 Å². The molecule has 2 aromatic carbocycles. The minimum Gasteiger partial charge on any atom is -0.376 e. The van der Waals surface area contributed by atoms with Crippen LogP contribution in [0.4, 0.5) is 5.69 Å². The summed E-state index contributed by atoms with van der Waals surface area (Å²) in [5.41, 5.74) is 1.43. The molecule has 0 aliphatic carbocycles. The summed E-state index contributed by atoms with van der Waals surface area (Å²) in [7, 11) is -3.50. The number of anilines is 1. The van der Waals surface area contributed by atoms with Crippen molar-refractivity contribution in [1.82, 2.24) is 4.98 Å². The van der Waals surface area contributed by atoms with Crippen molar-refractivity contribution in [3.05, 3.63) is 75.7 Å². The van der Waals surface area contributed by atoms with Gasteiger partial charge in [0.2, 0.25) is 0 Å². The van der Waals surface area contributed by atoms with E-state index in [0.29, 0.717) is 28.9 Å². The monoisotopic (exact) mass is 420 g/mol. The van der Waals surface area contributed by atoms with Crippen molar-refractivity contribution in [2.45, 2.75) is 16.2 Å². The van der Waals surface area contributed by atoms with Gasteiger partial charge in [0, 0.05) is 11.6 Å². The van der Waals surface area contributed by atoms with Crippen LogP contribution in [0.5, 0.6) is 0 Å². The van der Waals surface area contributed by atoms with E-state index in [9.17, 15) is 8.42 Å². The Kier molecular flexibility index (Phi) is 4.94. The molecule has 140 valence electrons. The molecule has 0 atom stereocenters. The lowest BCUT2D eigenvalue weighted by Gasteiger charge is -2.43. The van der Waals surface area contributed by atoms with Crippen LogP contribution in [0, 0.1) is 0 Å². The molecule has 1 aliphatic rings. The second-order valence-corrected chi connectivity index (χ2v) is 9.77. The lowest BCUT2D eigenvalue weighted by Crippen LogP contribution is -2.52. The van der Waals surface area contributed by atoms with Crippen molar-refractivity contribution in [1.29, 1.82) is 0 Å². The molecule has 1 saturated heterocycles. The summed E-state index contributed by atoms with van der Waals surface area (Å²) in [4.78, 5) is 4.23. The molecule has 1 N–H and O–H groups in total. The van der Waals surface area contributed by atoms with Gasteiger partial charge in [-0.1, -0.05) is 41.9 Å². The molecule has 3 aromatic rings. The van der Waals surface area contributed by atoms with Crippen LogP contribution in [0.3, 0.4) is 0 Å². The molecule has 8 heteroatoms. The highest BCUT2D eigenvalue weighted by atomic mass is 35.5. The Balaban J connectivity index is 1.59. The molecule has 0 radical (unpaired) electrons. The van der Waals surface area contributed by atoms with E-state index < -0.39 is 9.84 Å². The third-order valence-corrected chi connectivity index (χ3v) is 7.39. The van der Waals surface area contributed by atoms with Crippen LogP contribution in [-0.4, -0.2) is 26.6 Å². The van der Waals surface area contributed by atoms with E-state index in [1.807, 2.05) is 30.3 Å². The van der Waals surface area contributed by atoms with Crippen molar-refractivity contribution >= 4 is 38.5 Å². The number of sulfone groups is 1. The van der Waals surface area contributed by atoms with Gasteiger partial charge in [-0.15, -0.1) is 11.3 Å². The molecule has 5 nitrogen and oxygen atoms in total. The second kappa shape index (κ2) is 7.24. The van der Waals surface area contributed by atoms with E-state index in [1.54, 1.807) is 23.7 Å². The first-order valence-electron chi connectivity index (χ1n) is 8.31. The first kappa shape index (κ1) is 18.4. The van der Waals surface area contributed by atoms with Gasteiger partial charge >= 0.3 is 0 Å². The molecule has 0 saturated carbocycles. The smallest absolute Gasteiger partial charge is 0.184 e. The van der Waals surface area contributed by atoms with E-state index in [0.717, 1.165) is 5.56 Å². The van der Waals surface area contributed by atoms with Crippen LogP contribution in [-0.2, 0) is 25.9 Å². The fourth-order valence-corrected chi connectivity index (χ4v) is 5.56. The predicted octanol–water partition coefficient (Wildman–Crippen LogP) is 4.11. The Morgan fingerprint density at radius 1 is 1.19 bits per heavy atom. The fourth-order valence-electron chi connectivity index (χ4n) is 2.99. The Bertz CT molecular complexity index is 1030. The van der Waals surface area contributed by atoms with Crippen molar-refractivity contribution in [3.8, 4) is 0 Å². The number of nitrogens with zero attached hydrogens (tertiary/aromatic N) is 1. The topological polar surface area (TPSA) is 68.3 Å². The van der Waals surface area contributed by atoms with Gasteiger partial charge in [0.25, 0.3) is 0 Å². The van der Waals surface area contributed by atoms with Crippen molar-refractivity contribution in [2.75, 3.05) is 18.5 Å². The largest absolute Gasteiger partial charge is 0.376 e. The highest BCUT2D eigenvalue weighted by molar-refractivity contribution is 7.90. The molecule has 27 heavy (non-hydrogen) atoms. The molecule has 0 spiro atoms. The molecule has 2 heterocycles. The van der Waals surface area contributed by atoms with E-state index in [1.165, 1.54) is 17.4 Å². The summed E-state index contributed by atoms with van der Waals surface area (Å²) >= 11 is 7.73. The number of aromatic nitrogens is 1. The molecule has 0 unspecified atom stereocenters. The molecule has 1 aliphatic heterocycles. The second-order valence-electron chi connectivity index (χ2n) is 6.39. The zero-order chi connectivity index (χ0) is 18.9. The first-order chi connectivity index (χ1) is 13.0. The number of thiazole rings is 1. The quantitative estimate of drug-likeness (QED) is 0.650. The van der Waals surface area contributed by atoms with Crippen LogP contribution < -0.4 is 5.32 Å². The summed E-state index contributed by atoms with van der Waals surface area (Å²) in [6.07, 6.45) is 1.60. The van der Waals surface area contributed by atoms with Gasteiger partial charge in [0.15, 0.2) is 9.84 Å². The number of halogens is 1. The normalized spacial score (nSPS) is 15.9. The predicted molar refractivity (Wildman–Crippen MR) is 107 cm³/mol. The minimum atomic E-state index is -3.50. The van der Waals surface area contributed by atoms with E-state index >= 15 is 0 Å².